The number of anilines is 1. The Bertz CT molecular complexity index is 1040. The van der Waals surface area contributed by atoms with E-state index in [-0.39, 0.29) is 17.7 Å². The number of carbonyl (C=O) groups excluding carboxylic acids is 1. The van der Waals surface area contributed by atoms with Crippen molar-refractivity contribution in [3.05, 3.63) is 33.9 Å². The molecule has 2 atom stereocenters. The fraction of sp³-hybridized carbons (Fsp3) is 0.545. The van der Waals surface area contributed by atoms with E-state index in [1.54, 1.807) is 25.1 Å². The summed E-state index contributed by atoms with van der Waals surface area (Å²) in [6.45, 7) is 6.96. The Morgan fingerprint density at radius 3 is 2.56 bits per heavy atom. The highest BCUT2D eigenvalue weighted by Crippen LogP contribution is 2.25. The number of pyridine rings is 1. The van der Waals surface area contributed by atoms with Gasteiger partial charge in [-0.15, -0.1) is 0 Å². The minimum Gasteiger partial charge on any atom is -0.481 e. The summed E-state index contributed by atoms with van der Waals surface area (Å²) in [7, 11) is 4.60. The second-order valence-electron chi connectivity index (χ2n) is 7.58. The average molecular weight is 446 g/mol. The maximum atomic E-state index is 13.4. The first kappa shape index (κ1) is 23.5. The second-order valence-corrected chi connectivity index (χ2v) is 7.58. The third kappa shape index (κ3) is 4.55. The van der Waals surface area contributed by atoms with Gasteiger partial charge in [-0.25, -0.2) is 14.8 Å². The van der Waals surface area contributed by atoms with Gasteiger partial charge in [-0.3, -0.25) is 9.36 Å². The van der Waals surface area contributed by atoms with Gasteiger partial charge in [0.15, 0.2) is 0 Å². The van der Waals surface area contributed by atoms with E-state index in [9.17, 15) is 9.59 Å². The van der Waals surface area contributed by atoms with Crippen LogP contribution in [0.15, 0.2) is 16.9 Å². The minimum atomic E-state index is -0.418. The molecule has 0 saturated carbocycles. The maximum Gasteiger partial charge on any atom is 0.409 e. The van der Waals surface area contributed by atoms with Gasteiger partial charge < -0.3 is 24.4 Å². The third-order valence-corrected chi connectivity index (χ3v) is 5.62. The van der Waals surface area contributed by atoms with E-state index in [2.05, 4.69) is 10.3 Å². The molecule has 0 radical (unpaired) electrons. The highest BCUT2D eigenvalue weighted by atomic mass is 16.5. The number of likely N-dealkylation sites (tertiary alicyclic amines) is 1. The number of hydrogen-bond acceptors (Lipinski definition) is 8. The minimum absolute atomic E-state index is 0.200. The molecule has 2 aromatic rings. The topological polar surface area (TPSA) is 108 Å². The fourth-order valence-electron chi connectivity index (χ4n) is 3.93. The van der Waals surface area contributed by atoms with E-state index in [0.29, 0.717) is 49.2 Å². The van der Waals surface area contributed by atoms with Crippen molar-refractivity contribution < 1.29 is 19.0 Å². The second kappa shape index (κ2) is 9.99. The number of aryl methyl sites for hydroxylation is 2. The first-order valence-electron chi connectivity index (χ1n) is 10.7. The number of amides is 1. The summed E-state index contributed by atoms with van der Waals surface area (Å²) in [5, 5.41) is 3.32. The van der Waals surface area contributed by atoms with Crippen molar-refractivity contribution in [1.82, 2.24) is 19.4 Å². The van der Waals surface area contributed by atoms with Gasteiger partial charge in [-0.05, 0) is 26.3 Å². The van der Waals surface area contributed by atoms with Crippen molar-refractivity contribution in [2.75, 3.05) is 39.2 Å². The molecular weight excluding hydrogens is 414 g/mol. The summed E-state index contributed by atoms with van der Waals surface area (Å²) < 4.78 is 17.4. The van der Waals surface area contributed by atoms with Gasteiger partial charge in [0.25, 0.3) is 5.56 Å². The third-order valence-electron chi connectivity index (χ3n) is 5.62. The molecule has 1 saturated heterocycles. The number of ether oxygens (including phenoxy) is 3. The number of aromatic nitrogens is 3. The first-order chi connectivity index (χ1) is 15.3. The van der Waals surface area contributed by atoms with E-state index in [1.807, 2.05) is 26.8 Å². The Morgan fingerprint density at radius 1 is 1.22 bits per heavy atom. The molecule has 0 aliphatic carbocycles. The van der Waals surface area contributed by atoms with Crippen LogP contribution in [0.1, 0.15) is 25.2 Å². The lowest BCUT2D eigenvalue weighted by atomic mass is 10.1. The standard InChI is InChI=1S/C22H31N5O5/c1-7-15-19(24-16-11-27(22(29)31-6)12-17(16)32-8-2)21(28)26(4)20(25-15)14-9-10-18(30-5)23-13(14)3/h9-10,16-17,24H,7-8,11-12H2,1-6H3/t16-,17+/m1/s1. The normalized spacial score (nSPS) is 18.0. The lowest BCUT2D eigenvalue weighted by Crippen LogP contribution is -2.38. The van der Waals surface area contributed by atoms with Crippen LogP contribution < -0.4 is 15.6 Å². The quantitative estimate of drug-likeness (QED) is 0.689. The Balaban J connectivity index is 1.98. The molecule has 2 aromatic heterocycles. The smallest absolute Gasteiger partial charge is 0.409 e. The van der Waals surface area contributed by atoms with Crippen molar-refractivity contribution in [1.29, 1.82) is 0 Å². The summed E-state index contributed by atoms with van der Waals surface area (Å²) in [5.74, 6) is 1.04. The van der Waals surface area contributed by atoms with Crippen LogP contribution in [0.2, 0.25) is 0 Å². The summed E-state index contributed by atoms with van der Waals surface area (Å²) >= 11 is 0. The van der Waals surface area contributed by atoms with E-state index in [0.717, 1.165) is 11.3 Å². The van der Waals surface area contributed by atoms with Gasteiger partial charge in [0.2, 0.25) is 5.88 Å². The summed E-state index contributed by atoms with van der Waals surface area (Å²) in [6.07, 6.45) is -0.124. The highest BCUT2D eigenvalue weighted by Gasteiger charge is 2.37. The monoisotopic (exact) mass is 445 g/mol. The molecule has 10 heteroatoms. The zero-order valence-electron chi connectivity index (χ0n) is 19.5. The number of methoxy groups -OCH3 is 2. The van der Waals surface area contributed by atoms with E-state index in [4.69, 9.17) is 19.2 Å². The molecular formula is C22H31N5O5. The Hall–Kier alpha value is -3.14. The van der Waals surface area contributed by atoms with Gasteiger partial charge in [-0.2, -0.15) is 0 Å². The number of rotatable bonds is 7. The van der Waals surface area contributed by atoms with Crippen LogP contribution in [-0.2, 0) is 22.9 Å². The van der Waals surface area contributed by atoms with Crippen LogP contribution in [0.3, 0.4) is 0 Å². The average Bonchev–Trinajstić information content (AvgIpc) is 3.19. The number of hydrogen-bond donors (Lipinski definition) is 1. The van der Waals surface area contributed by atoms with Crippen LogP contribution in [-0.4, -0.2) is 71.6 Å². The predicted molar refractivity (Wildman–Crippen MR) is 120 cm³/mol. The van der Waals surface area contributed by atoms with Crippen LogP contribution in [0.5, 0.6) is 5.88 Å². The van der Waals surface area contributed by atoms with Gasteiger partial charge in [0.1, 0.15) is 11.5 Å². The lowest BCUT2D eigenvalue weighted by Gasteiger charge is -2.22. The molecule has 3 rings (SSSR count). The van der Waals surface area contributed by atoms with Gasteiger partial charge >= 0.3 is 6.09 Å². The van der Waals surface area contributed by atoms with Crippen LogP contribution in [0.4, 0.5) is 10.5 Å². The maximum absolute atomic E-state index is 13.4. The SMILES string of the molecule is CCO[C@H]1CN(C(=O)OC)C[C@H]1Nc1c(CC)nc(-c2ccc(OC)nc2C)n(C)c1=O. The Kier molecular flexibility index (Phi) is 7.34. The predicted octanol–water partition coefficient (Wildman–Crippen LogP) is 1.99. The summed E-state index contributed by atoms with van der Waals surface area (Å²) in [5.41, 5.74) is 2.34. The van der Waals surface area contributed by atoms with Crippen LogP contribution in [0, 0.1) is 6.92 Å². The van der Waals surface area contributed by atoms with Crippen LogP contribution in [0.25, 0.3) is 11.4 Å². The molecule has 0 bridgehead atoms. The molecule has 0 spiro atoms. The van der Waals surface area contributed by atoms with Gasteiger partial charge in [-0.1, -0.05) is 6.92 Å². The summed E-state index contributed by atoms with van der Waals surface area (Å²) in [4.78, 5) is 36.2. The highest BCUT2D eigenvalue weighted by molar-refractivity contribution is 5.68. The molecule has 1 aliphatic heterocycles. The number of carbonyl (C=O) groups is 1. The number of nitrogens with zero attached hydrogens (tertiary/aromatic N) is 4. The van der Waals surface area contributed by atoms with Crippen molar-refractivity contribution in [2.24, 2.45) is 7.05 Å². The van der Waals surface area contributed by atoms with E-state index < -0.39 is 6.09 Å². The van der Waals surface area contributed by atoms with Gasteiger partial charge in [0.05, 0.1) is 44.3 Å². The molecule has 174 valence electrons. The van der Waals surface area contributed by atoms with Crippen molar-refractivity contribution >= 4 is 11.8 Å². The Labute approximate surface area is 187 Å². The Morgan fingerprint density at radius 2 is 1.97 bits per heavy atom. The van der Waals surface area contributed by atoms with Gasteiger partial charge in [0, 0.05) is 31.8 Å². The molecule has 1 aliphatic rings. The van der Waals surface area contributed by atoms with E-state index >= 15 is 0 Å². The fourth-order valence-corrected chi connectivity index (χ4v) is 3.93. The first-order valence-corrected chi connectivity index (χ1v) is 10.7. The largest absolute Gasteiger partial charge is 0.481 e. The van der Waals surface area contributed by atoms with Crippen molar-refractivity contribution in [2.45, 2.75) is 39.3 Å². The van der Waals surface area contributed by atoms with Crippen LogP contribution >= 0.6 is 0 Å². The number of nitrogens with one attached hydrogen (secondary N) is 1. The van der Waals surface area contributed by atoms with Crippen molar-refractivity contribution in [3.63, 3.8) is 0 Å². The molecule has 3 heterocycles. The molecule has 1 N–H and O–H groups in total. The van der Waals surface area contributed by atoms with E-state index in [1.165, 1.54) is 11.7 Å². The summed E-state index contributed by atoms with van der Waals surface area (Å²) in [6, 6.07) is 3.34. The lowest BCUT2D eigenvalue weighted by molar-refractivity contribution is 0.0614. The zero-order valence-corrected chi connectivity index (χ0v) is 19.5. The molecule has 1 amide bonds. The van der Waals surface area contributed by atoms with Crippen molar-refractivity contribution in [3.8, 4) is 17.3 Å². The molecule has 0 aromatic carbocycles. The molecule has 1 fully saturated rings. The zero-order chi connectivity index (χ0) is 23.4. The molecule has 32 heavy (non-hydrogen) atoms. The molecule has 0 unspecified atom stereocenters. The molecule has 10 nitrogen and oxygen atoms in total.